The van der Waals surface area contributed by atoms with Crippen molar-refractivity contribution in [3.8, 4) is 0 Å². The van der Waals surface area contributed by atoms with Gasteiger partial charge < -0.3 is 10.6 Å². The summed E-state index contributed by atoms with van der Waals surface area (Å²) in [5.41, 5.74) is 9.76. The smallest absolute Gasteiger partial charge is 0.224 e. The summed E-state index contributed by atoms with van der Waals surface area (Å²) in [6.45, 7) is 4.64. The first-order valence-corrected chi connectivity index (χ1v) is 6.42. The second-order valence-electron chi connectivity index (χ2n) is 4.60. The Morgan fingerprint density at radius 1 is 1.21 bits per heavy atom. The van der Waals surface area contributed by atoms with Crippen LogP contribution in [-0.4, -0.2) is 17.0 Å². The molecule has 0 amide bonds. The highest BCUT2D eigenvalue weighted by molar-refractivity contribution is 6.28. The van der Waals surface area contributed by atoms with Gasteiger partial charge in [0, 0.05) is 13.6 Å². The zero-order chi connectivity index (χ0) is 14.0. The van der Waals surface area contributed by atoms with Crippen LogP contribution in [0.15, 0.2) is 24.3 Å². The number of nitrogen functional groups attached to an aromatic ring is 1. The molecule has 0 bridgehead atoms. The molecular formula is C14H17ClN4. The zero-order valence-electron chi connectivity index (χ0n) is 11.3. The number of rotatable bonds is 3. The van der Waals surface area contributed by atoms with Crippen molar-refractivity contribution < 1.29 is 0 Å². The molecular weight excluding hydrogens is 260 g/mol. The summed E-state index contributed by atoms with van der Waals surface area (Å²) in [6.07, 6.45) is 0. The predicted molar refractivity (Wildman–Crippen MR) is 79.5 cm³/mol. The molecule has 1 heterocycles. The van der Waals surface area contributed by atoms with Gasteiger partial charge >= 0.3 is 0 Å². The van der Waals surface area contributed by atoms with Gasteiger partial charge in [0.15, 0.2) is 5.82 Å². The third kappa shape index (κ3) is 2.96. The van der Waals surface area contributed by atoms with E-state index in [1.165, 1.54) is 11.1 Å². The Hall–Kier alpha value is -1.81. The van der Waals surface area contributed by atoms with Crippen LogP contribution in [0.1, 0.15) is 16.8 Å². The van der Waals surface area contributed by atoms with E-state index >= 15 is 0 Å². The largest absolute Gasteiger partial charge is 0.394 e. The summed E-state index contributed by atoms with van der Waals surface area (Å²) >= 11 is 5.90. The number of benzene rings is 1. The van der Waals surface area contributed by atoms with Gasteiger partial charge in [-0.1, -0.05) is 24.3 Å². The summed E-state index contributed by atoms with van der Waals surface area (Å²) in [5, 5.41) is 0.221. The van der Waals surface area contributed by atoms with E-state index in [1.54, 1.807) is 0 Å². The maximum absolute atomic E-state index is 6.02. The number of nitrogens with zero attached hydrogens (tertiary/aromatic N) is 3. The SMILES string of the molecule is Cc1ccccc1CN(C)c1nc(Cl)nc(C)c1N. The van der Waals surface area contributed by atoms with Crippen LogP contribution in [0, 0.1) is 13.8 Å². The average Bonchev–Trinajstić information content (AvgIpc) is 2.36. The van der Waals surface area contributed by atoms with Crippen molar-refractivity contribution in [3.05, 3.63) is 46.4 Å². The molecule has 19 heavy (non-hydrogen) atoms. The molecule has 1 aromatic heterocycles. The van der Waals surface area contributed by atoms with Gasteiger partial charge in [-0.25, -0.2) is 4.98 Å². The summed E-state index contributed by atoms with van der Waals surface area (Å²) in [6, 6.07) is 8.24. The lowest BCUT2D eigenvalue weighted by Crippen LogP contribution is -2.20. The van der Waals surface area contributed by atoms with Gasteiger partial charge in [0.1, 0.15) is 0 Å². The van der Waals surface area contributed by atoms with Gasteiger partial charge in [0.25, 0.3) is 0 Å². The molecule has 2 N–H and O–H groups in total. The maximum atomic E-state index is 6.02. The molecule has 0 spiro atoms. The number of hydrogen-bond acceptors (Lipinski definition) is 4. The highest BCUT2D eigenvalue weighted by atomic mass is 35.5. The predicted octanol–water partition coefficient (Wildman–Crippen LogP) is 2.97. The molecule has 5 heteroatoms. The van der Waals surface area contributed by atoms with Gasteiger partial charge in [-0.05, 0) is 36.6 Å². The molecule has 1 aromatic carbocycles. The Labute approximate surface area is 118 Å². The summed E-state index contributed by atoms with van der Waals surface area (Å²) in [5.74, 6) is 0.667. The lowest BCUT2D eigenvalue weighted by molar-refractivity contribution is 0.883. The molecule has 0 atom stereocenters. The average molecular weight is 277 g/mol. The second-order valence-corrected chi connectivity index (χ2v) is 4.94. The molecule has 4 nitrogen and oxygen atoms in total. The van der Waals surface area contributed by atoms with E-state index in [0.29, 0.717) is 17.2 Å². The molecule has 0 unspecified atom stereocenters. The monoisotopic (exact) mass is 276 g/mol. The maximum Gasteiger partial charge on any atom is 0.224 e. The summed E-state index contributed by atoms with van der Waals surface area (Å²) in [4.78, 5) is 10.2. The Balaban J connectivity index is 2.30. The standard InChI is InChI=1S/C14H17ClN4/c1-9-6-4-5-7-11(9)8-19(3)13-12(16)10(2)17-14(15)18-13/h4-7H,8,16H2,1-3H3. The first-order valence-electron chi connectivity index (χ1n) is 6.04. The van der Waals surface area contributed by atoms with Gasteiger partial charge in [0.05, 0.1) is 11.4 Å². The van der Waals surface area contributed by atoms with Crippen LogP contribution in [0.4, 0.5) is 11.5 Å². The van der Waals surface area contributed by atoms with Crippen molar-refractivity contribution in [1.29, 1.82) is 0 Å². The molecule has 0 aliphatic heterocycles. The van der Waals surface area contributed by atoms with Gasteiger partial charge in [-0.3, -0.25) is 0 Å². The Kier molecular flexibility index (Phi) is 3.90. The van der Waals surface area contributed by atoms with Crippen LogP contribution in [0.25, 0.3) is 0 Å². The fourth-order valence-corrected chi connectivity index (χ4v) is 2.15. The Bertz CT molecular complexity index is 598. The van der Waals surface area contributed by atoms with Crippen molar-refractivity contribution in [2.75, 3.05) is 17.7 Å². The van der Waals surface area contributed by atoms with Crippen LogP contribution in [0.5, 0.6) is 0 Å². The van der Waals surface area contributed by atoms with E-state index in [4.69, 9.17) is 17.3 Å². The fraction of sp³-hybridized carbons (Fsp3) is 0.286. The second kappa shape index (κ2) is 5.45. The van der Waals surface area contributed by atoms with Crippen LogP contribution in [-0.2, 0) is 6.54 Å². The number of nitrogens with two attached hydrogens (primary N) is 1. The minimum Gasteiger partial charge on any atom is -0.394 e. The normalized spacial score (nSPS) is 10.5. The first-order chi connectivity index (χ1) is 8.99. The molecule has 0 saturated carbocycles. The zero-order valence-corrected chi connectivity index (χ0v) is 12.1. The third-order valence-electron chi connectivity index (χ3n) is 3.12. The number of hydrogen-bond donors (Lipinski definition) is 1. The molecule has 0 fully saturated rings. The van der Waals surface area contributed by atoms with Crippen LogP contribution in [0.3, 0.4) is 0 Å². The van der Waals surface area contributed by atoms with Crippen LogP contribution in [0.2, 0.25) is 5.28 Å². The van der Waals surface area contributed by atoms with E-state index in [-0.39, 0.29) is 5.28 Å². The third-order valence-corrected chi connectivity index (χ3v) is 3.29. The lowest BCUT2D eigenvalue weighted by atomic mass is 10.1. The lowest BCUT2D eigenvalue weighted by Gasteiger charge is -2.21. The number of aryl methyl sites for hydroxylation is 2. The number of halogens is 1. The fourth-order valence-electron chi connectivity index (χ4n) is 1.94. The highest BCUT2D eigenvalue weighted by Gasteiger charge is 2.13. The van der Waals surface area contributed by atoms with Crippen molar-refractivity contribution in [3.63, 3.8) is 0 Å². The van der Waals surface area contributed by atoms with Crippen LogP contribution >= 0.6 is 11.6 Å². The van der Waals surface area contributed by atoms with E-state index in [9.17, 15) is 0 Å². The molecule has 0 aliphatic carbocycles. The minimum atomic E-state index is 0.221. The van der Waals surface area contributed by atoms with Gasteiger partial charge in [0.2, 0.25) is 5.28 Å². The summed E-state index contributed by atoms with van der Waals surface area (Å²) in [7, 11) is 1.95. The topological polar surface area (TPSA) is 55.0 Å². The molecule has 100 valence electrons. The number of aromatic nitrogens is 2. The van der Waals surface area contributed by atoms with Crippen molar-refractivity contribution in [2.45, 2.75) is 20.4 Å². The molecule has 0 aliphatic rings. The van der Waals surface area contributed by atoms with E-state index < -0.39 is 0 Å². The van der Waals surface area contributed by atoms with Crippen molar-refractivity contribution >= 4 is 23.1 Å². The van der Waals surface area contributed by atoms with E-state index in [1.807, 2.05) is 31.0 Å². The molecule has 2 rings (SSSR count). The van der Waals surface area contributed by atoms with Crippen LogP contribution < -0.4 is 10.6 Å². The van der Waals surface area contributed by atoms with Crippen molar-refractivity contribution in [1.82, 2.24) is 9.97 Å². The minimum absolute atomic E-state index is 0.221. The number of anilines is 2. The summed E-state index contributed by atoms with van der Waals surface area (Å²) < 4.78 is 0. The molecule has 0 radical (unpaired) electrons. The van der Waals surface area contributed by atoms with E-state index in [0.717, 1.165) is 6.54 Å². The van der Waals surface area contributed by atoms with E-state index in [2.05, 4.69) is 29.0 Å². The Morgan fingerprint density at radius 2 is 1.89 bits per heavy atom. The molecule has 2 aromatic rings. The van der Waals surface area contributed by atoms with Gasteiger partial charge in [-0.15, -0.1) is 0 Å². The van der Waals surface area contributed by atoms with Gasteiger partial charge in [-0.2, -0.15) is 4.98 Å². The quantitative estimate of drug-likeness (QED) is 0.876. The Morgan fingerprint density at radius 3 is 2.58 bits per heavy atom. The first kappa shape index (κ1) is 13.6. The molecule has 0 saturated heterocycles. The van der Waals surface area contributed by atoms with Crippen molar-refractivity contribution in [2.24, 2.45) is 0 Å². The highest BCUT2D eigenvalue weighted by Crippen LogP contribution is 2.25.